The summed E-state index contributed by atoms with van der Waals surface area (Å²) in [5.41, 5.74) is 2.58. The van der Waals surface area contributed by atoms with Crippen LogP contribution in [0.1, 0.15) is 39.7 Å². The largest absolute Gasteiger partial charge is 0.497 e. The summed E-state index contributed by atoms with van der Waals surface area (Å²) in [5.74, 6) is 1.29. The van der Waals surface area contributed by atoms with Crippen LogP contribution >= 0.6 is 18.1 Å². The summed E-state index contributed by atoms with van der Waals surface area (Å²) in [7, 11) is 6.40. The number of aromatic nitrogens is 4. The number of rotatable bonds is 14. The third kappa shape index (κ3) is 7.86. The zero-order chi connectivity index (χ0) is 38.6. The van der Waals surface area contributed by atoms with Gasteiger partial charge in [0.25, 0.3) is 5.91 Å². The highest BCUT2D eigenvalue weighted by atomic mass is 35.7. The number of hydrogen-bond acceptors (Lipinski definition) is 10. The Balaban J connectivity index is 1.30. The van der Waals surface area contributed by atoms with E-state index in [0.717, 1.165) is 16.7 Å². The van der Waals surface area contributed by atoms with Crippen molar-refractivity contribution in [2.75, 3.05) is 40.2 Å². The van der Waals surface area contributed by atoms with Crippen molar-refractivity contribution in [3.05, 3.63) is 144 Å². The van der Waals surface area contributed by atoms with Crippen molar-refractivity contribution >= 4 is 41.0 Å². The van der Waals surface area contributed by atoms with E-state index < -0.39 is 30.9 Å². The maximum Gasteiger partial charge on any atom is 0.362 e. The van der Waals surface area contributed by atoms with Crippen LogP contribution in [0, 0.1) is 0 Å². The molecule has 13 nitrogen and oxygen atoms in total. The number of carbonyl (C=O) groups is 1. The molecule has 0 saturated carbocycles. The van der Waals surface area contributed by atoms with Crippen LogP contribution in [0.25, 0.3) is 11.2 Å². The molecule has 7 rings (SSSR count). The number of anilines is 1. The van der Waals surface area contributed by atoms with E-state index in [2.05, 4.69) is 20.3 Å². The van der Waals surface area contributed by atoms with Crippen LogP contribution in [0.5, 0.6) is 11.5 Å². The van der Waals surface area contributed by atoms with E-state index in [1.165, 1.54) is 11.0 Å². The van der Waals surface area contributed by atoms with Gasteiger partial charge in [0.2, 0.25) is 0 Å². The molecule has 1 saturated heterocycles. The smallest absolute Gasteiger partial charge is 0.362 e. The number of ether oxygens (including phenoxy) is 4. The minimum Gasteiger partial charge on any atom is -0.497 e. The van der Waals surface area contributed by atoms with Gasteiger partial charge in [0.1, 0.15) is 35.8 Å². The standard InChI is InChI=1S/C40H40ClN6O7P/c1-46(2)55(41,49)52-24-34-33(23-35(53-34)47-26-44-36-37(42-25-43-38(36)47)45-39(48)27-11-7-5-8-12-27)54-40(28-13-9-6-10-14-28,29-15-19-31(50-3)20-16-29)30-17-21-32(51-4)22-18-30/h5-22,25-26,33-35H,23-24H2,1-4H3,(H,42,43,45,48)/t33-,34+,35+,55?/m0/s1. The lowest BCUT2D eigenvalue weighted by Gasteiger charge is -2.39. The van der Waals surface area contributed by atoms with Crippen LogP contribution in [0.2, 0.25) is 0 Å². The van der Waals surface area contributed by atoms with Gasteiger partial charge in [-0.05, 0) is 78.4 Å². The molecule has 3 heterocycles. The maximum absolute atomic E-state index is 13.2. The lowest BCUT2D eigenvalue weighted by Crippen LogP contribution is -2.41. The number of nitrogens with zero attached hydrogens (tertiary/aromatic N) is 5. The van der Waals surface area contributed by atoms with E-state index in [1.54, 1.807) is 63.5 Å². The Morgan fingerprint density at radius 3 is 2.04 bits per heavy atom. The summed E-state index contributed by atoms with van der Waals surface area (Å²) in [6.45, 7) is -3.85. The Kier molecular flexibility index (Phi) is 11.3. The molecule has 4 atom stereocenters. The fourth-order valence-electron chi connectivity index (χ4n) is 6.60. The fraction of sp³-hybridized carbons (Fsp3) is 0.250. The molecule has 284 valence electrons. The molecule has 0 aliphatic carbocycles. The van der Waals surface area contributed by atoms with Crippen molar-refractivity contribution in [1.29, 1.82) is 0 Å². The highest BCUT2D eigenvalue weighted by molar-refractivity contribution is 7.83. The predicted molar refractivity (Wildman–Crippen MR) is 209 cm³/mol. The van der Waals surface area contributed by atoms with E-state index in [1.807, 2.05) is 84.9 Å². The maximum atomic E-state index is 13.2. The second kappa shape index (κ2) is 16.3. The van der Waals surface area contributed by atoms with Gasteiger partial charge in [-0.2, -0.15) is 0 Å². The molecular formula is C40H40ClN6O7P. The summed E-state index contributed by atoms with van der Waals surface area (Å²) in [5, 5.41) is 2.85. The van der Waals surface area contributed by atoms with Crippen LogP contribution < -0.4 is 14.8 Å². The minimum atomic E-state index is -3.69. The molecule has 0 spiro atoms. The van der Waals surface area contributed by atoms with Crippen LogP contribution in [0.3, 0.4) is 0 Å². The van der Waals surface area contributed by atoms with Crippen LogP contribution in [0.15, 0.2) is 122 Å². The number of benzene rings is 4. The summed E-state index contributed by atoms with van der Waals surface area (Å²) in [4.78, 5) is 26.5. The Morgan fingerprint density at radius 1 is 0.873 bits per heavy atom. The van der Waals surface area contributed by atoms with Crippen LogP contribution in [-0.4, -0.2) is 77.2 Å². The lowest BCUT2D eigenvalue weighted by molar-refractivity contribution is -0.0959. The zero-order valence-corrected chi connectivity index (χ0v) is 32.3. The molecule has 1 unspecified atom stereocenters. The molecule has 6 aromatic rings. The van der Waals surface area contributed by atoms with Crippen LogP contribution in [-0.2, 0) is 24.2 Å². The molecule has 4 aromatic carbocycles. The Morgan fingerprint density at radius 2 is 1.45 bits per heavy atom. The quantitative estimate of drug-likeness (QED) is 0.0860. The first-order valence-corrected chi connectivity index (χ1v) is 19.9. The van der Waals surface area contributed by atoms with Gasteiger partial charge in [-0.15, -0.1) is 0 Å². The number of methoxy groups -OCH3 is 2. The van der Waals surface area contributed by atoms with Gasteiger partial charge >= 0.3 is 6.87 Å². The molecular weight excluding hydrogens is 743 g/mol. The highest BCUT2D eigenvalue weighted by Gasteiger charge is 2.47. The molecule has 55 heavy (non-hydrogen) atoms. The van der Waals surface area contributed by atoms with Gasteiger partial charge in [-0.1, -0.05) is 72.8 Å². The first kappa shape index (κ1) is 38.1. The molecule has 1 aliphatic heterocycles. The molecule has 2 aromatic heterocycles. The van der Waals surface area contributed by atoms with Crippen molar-refractivity contribution in [1.82, 2.24) is 24.2 Å². The first-order chi connectivity index (χ1) is 26.6. The van der Waals surface area contributed by atoms with E-state index in [-0.39, 0.29) is 18.3 Å². The SMILES string of the molecule is COc1ccc(C(O[C@H]2C[C@H](n3cnc4c(NC(=O)c5ccccc5)ncnc43)O[C@@H]2COP(=O)(Cl)N(C)C)(c2ccccc2)c2ccc(OC)cc2)cc1. The van der Waals surface area contributed by atoms with Crippen molar-refractivity contribution in [2.45, 2.75) is 30.5 Å². The predicted octanol–water partition coefficient (Wildman–Crippen LogP) is 7.69. The van der Waals surface area contributed by atoms with Gasteiger partial charge in [0.05, 0.1) is 33.3 Å². The third-order valence-corrected chi connectivity index (χ3v) is 12.1. The van der Waals surface area contributed by atoms with E-state index in [9.17, 15) is 9.36 Å². The van der Waals surface area contributed by atoms with Gasteiger partial charge in [0.15, 0.2) is 17.0 Å². The molecule has 15 heteroatoms. The number of imidazole rings is 1. The molecule has 1 aliphatic rings. The number of hydrogen-bond donors (Lipinski definition) is 1. The average molecular weight is 783 g/mol. The number of halogens is 1. The number of nitrogens with one attached hydrogen (secondary N) is 1. The molecule has 0 bridgehead atoms. The fourth-order valence-corrected chi connectivity index (χ4v) is 7.34. The summed E-state index contributed by atoms with van der Waals surface area (Å²) in [6, 6.07) is 34.2. The molecule has 0 radical (unpaired) electrons. The van der Waals surface area contributed by atoms with Gasteiger partial charge in [-0.25, -0.2) is 19.6 Å². The van der Waals surface area contributed by atoms with Crippen molar-refractivity contribution in [2.24, 2.45) is 0 Å². The Bertz CT molecular complexity index is 2230. The monoisotopic (exact) mass is 782 g/mol. The second-order valence-corrected chi connectivity index (χ2v) is 16.2. The average Bonchev–Trinajstić information content (AvgIpc) is 3.84. The van der Waals surface area contributed by atoms with Crippen LogP contribution in [0.4, 0.5) is 5.82 Å². The number of amides is 1. The third-order valence-electron chi connectivity index (χ3n) is 9.49. The minimum absolute atomic E-state index is 0.157. The van der Waals surface area contributed by atoms with Crippen molar-refractivity contribution in [3.63, 3.8) is 0 Å². The van der Waals surface area contributed by atoms with Gasteiger partial charge in [-0.3, -0.25) is 13.9 Å². The highest BCUT2D eigenvalue weighted by Crippen LogP contribution is 2.55. The zero-order valence-electron chi connectivity index (χ0n) is 30.6. The number of carbonyl (C=O) groups excluding carboxylic acids is 1. The molecule has 1 N–H and O–H groups in total. The molecule has 1 fully saturated rings. The summed E-state index contributed by atoms with van der Waals surface area (Å²) >= 11 is 6.36. The van der Waals surface area contributed by atoms with Gasteiger partial charge in [0, 0.05) is 12.0 Å². The second-order valence-electron chi connectivity index (χ2n) is 13.0. The van der Waals surface area contributed by atoms with Crippen molar-refractivity contribution < 1.29 is 32.8 Å². The summed E-state index contributed by atoms with van der Waals surface area (Å²) < 4.78 is 47.4. The topological polar surface area (TPSA) is 139 Å². The Labute approximate surface area is 323 Å². The molecule has 1 amide bonds. The Hall–Kier alpha value is -5.14. The normalized spacial score (nSPS) is 18.3. The van der Waals surface area contributed by atoms with Gasteiger partial charge < -0.3 is 28.8 Å². The lowest BCUT2D eigenvalue weighted by atomic mass is 9.79. The first-order valence-electron chi connectivity index (χ1n) is 17.5. The van der Waals surface area contributed by atoms with E-state index in [4.69, 9.17) is 34.7 Å². The van der Waals surface area contributed by atoms with E-state index in [0.29, 0.717) is 34.6 Å². The van der Waals surface area contributed by atoms with Crippen molar-refractivity contribution in [3.8, 4) is 11.5 Å². The summed E-state index contributed by atoms with van der Waals surface area (Å²) in [6.07, 6.45) is 1.12. The van der Waals surface area contributed by atoms with E-state index >= 15 is 0 Å². The number of fused-ring (bicyclic) bond motifs is 1.